The van der Waals surface area contributed by atoms with Gasteiger partial charge < -0.3 is 5.11 Å². The zero-order chi connectivity index (χ0) is 9.84. The van der Waals surface area contributed by atoms with Gasteiger partial charge in [0.05, 0.1) is 5.69 Å². The van der Waals surface area contributed by atoms with Gasteiger partial charge in [-0.15, -0.1) is 0 Å². The normalized spacial score (nSPS) is 9.69. The summed E-state index contributed by atoms with van der Waals surface area (Å²) in [5.41, 5.74) is 1.76. The molecule has 4 heteroatoms. The number of carboxylic acids is 1. The zero-order valence-electron chi connectivity index (χ0n) is 7.40. The molecular formula is C9H12N2O2. The van der Waals surface area contributed by atoms with Gasteiger partial charge >= 0.3 is 5.97 Å². The largest absolute Gasteiger partial charge is 0.480 e. The number of hydrazine groups is 1. The second-order valence-corrected chi connectivity index (χ2v) is 2.86. The predicted octanol–water partition coefficient (Wildman–Crippen LogP) is 0.760. The zero-order valence-corrected chi connectivity index (χ0v) is 7.40. The summed E-state index contributed by atoms with van der Waals surface area (Å²) in [4.78, 5) is 10.3. The van der Waals surface area contributed by atoms with E-state index in [1.807, 2.05) is 25.1 Å². The SMILES string of the molecule is Cc1cccc(N(N)CC(=O)O)c1. The fraction of sp³-hybridized carbons (Fsp3) is 0.222. The van der Waals surface area contributed by atoms with Crippen molar-refractivity contribution in [2.75, 3.05) is 11.6 Å². The van der Waals surface area contributed by atoms with Gasteiger partial charge in [-0.25, -0.2) is 5.84 Å². The van der Waals surface area contributed by atoms with E-state index in [-0.39, 0.29) is 6.54 Å². The van der Waals surface area contributed by atoms with Crippen molar-refractivity contribution in [3.05, 3.63) is 29.8 Å². The Morgan fingerprint density at radius 1 is 1.62 bits per heavy atom. The minimum atomic E-state index is -0.941. The maximum absolute atomic E-state index is 10.3. The Balaban J connectivity index is 2.76. The molecule has 0 aliphatic rings. The quantitative estimate of drug-likeness (QED) is 0.532. The van der Waals surface area contributed by atoms with Crippen molar-refractivity contribution in [3.63, 3.8) is 0 Å². The van der Waals surface area contributed by atoms with Crippen LogP contribution in [0.15, 0.2) is 24.3 Å². The van der Waals surface area contributed by atoms with Crippen LogP contribution in [-0.4, -0.2) is 17.6 Å². The van der Waals surface area contributed by atoms with Crippen molar-refractivity contribution >= 4 is 11.7 Å². The van der Waals surface area contributed by atoms with Crippen LogP contribution < -0.4 is 10.9 Å². The third-order valence-corrected chi connectivity index (χ3v) is 1.64. The van der Waals surface area contributed by atoms with Crippen molar-refractivity contribution in [1.82, 2.24) is 0 Å². The number of benzene rings is 1. The molecular weight excluding hydrogens is 168 g/mol. The van der Waals surface area contributed by atoms with Gasteiger partial charge in [-0.1, -0.05) is 12.1 Å². The molecule has 1 rings (SSSR count). The lowest BCUT2D eigenvalue weighted by Crippen LogP contribution is -2.35. The van der Waals surface area contributed by atoms with Crippen LogP contribution in [0.3, 0.4) is 0 Å². The highest BCUT2D eigenvalue weighted by atomic mass is 16.4. The molecule has 0 saturated carbocycles. The first-order chi connectivity index (χ1) is 6.09. The Kier molecular flexibility index (Phi) is 2.87. The van der Waals surface area contributed by atoms with E-state index in [9.17, 15) is 4.79 Å². The Hall–Kier alpha value is -1.55. The molecule has 0 unspecified atom stereocenters. The summed E-state index contributed by atoms with van der Waals surface area (Å²) in [6.07, 6.45) is 0. The van der Waals surface area contributed by atoms with Gasteiger partial charge in [0.25, 0.3) is 0 Å². The van der Waals surface area contributed by atoms with Gasteiger partial charge in [0.2, 0.25) is 0 Å². The minimum Gasteiger partial charge on any atom is -0.480 e. The highest BCUT2D eigenvalue weighted by molar-refractivity contribution is 5.73. The predicted molar refractivity (Wildman–Crippen MR) is 50.3 cm³/mol. The highest BCUT2D eigenvalue weighted by Gasteiger charge is 2.05. The third kappa shape index (κ3) is 2.76. The van der Waals surface area contributed by atoms with E-state index in [0.717, 1.165) is 5.56 Å². The van der Waals surface area contributed by atoms with E-state index in [1.165, 1.54) is 5.01 Å². The van der Waals surface area contributed by atoms with Gasteiger partial charge in [0.1, 0.15) is 6.54 Å². The molecule has 0 amide bonds. The molecule has 0 heterocycles. The highest BCUT2D eigenvalue weighted by Crippen LogP contribution is 2.11. The number of carbonyl (C=O) groups is 1. The van der Waals surface area contributed by atoms with E-state index in [4.69, 9.17) is 10.9 Å². The smallest absolute Gasteiger partial charge is 0.324 e. The first-order valence-electron chi connectivity index (χ1n) is 3.90. The van der Waals surface area contributed by atoms with Crippen LogP contribution in [0.2, 0.25) is 0 Å². The number of nitrogens with two attached hydrogens (primary N) is 1. The van der Waals surface area contributed by atoms with Crippen LogP contribution in [0.5, 0.6) is 0 Å². The van der Waals surface area contributed by atoms with Gasteiger partial charge in [0, 0.05) is 0 Å². The number of nitrogens with zero attached hydrogens (tertiary/aromatic N) is 1. The standard InChI is InChI=1S/C9H12N2O2/c1-7-3-2-4-8(5-7)11(10)6-9(12)13/h2-5H,6,10H2,1H3,(H,12,13). The van der Waals surface area contributed by atoms with Gasteiger partial charge in [-0.05, 0) is 24.6 Å². The first-order valence-corrected chi connectivity index (χ1v) is 3.90. The summed E-state index contributed by atoms with van der Waals surface area (Å²) in [5, 5.41) is 9.70. The fourth-order valence-electron chi connectivity index (χ4n) is 1.04. The Morgan fingerprint density at radius 2 is 2.31 bits per heavy atom. The van der Waals surface area contributed by atoms with Gasteiger partial charge in [-0.2, -0.15) is 0 Å². The number of rotatable bonds is 3. The molecule has 0 aliphatic heterocycles. The van der Waals surface area contributed by atoms with Gasteiger partial charge in [0.15, 0.2) is 0 Å². The molecule has 1 aromatic carbocycles. The second-order valence-electron chi connectivity index (χ2n) is 2.86. The summed E-state index contributed by atoms with van der Waals surface area (Å²) in [6.45, 7) is 1.74. The van der Waals surface area contributed by atoms with E-state index in [0.29, 0.717) is 5.69 Å². The van der Waals surface area contributed by atoms with E-state index >= 15 is 0 Å². The molecule has 4 nitrogen and oxygen atoms in total. The summed E-state index contributed by atoms with van der Waals surface area (Å²) >= 11 is 0. The van der Waals surface area contributed by atoms with Crippen molar-refractivity contribution in [2.24, 2.45) is 5.84 Å². The number of carboxylic acid groups (broad SMARTS) is 1. The number of aliphatic carboxylic acids is 1. The molecule has 1 aromatic rings. The van der Waals surface area contributed by atoms with E-state index in [1.54, 1.807) is 6.07 Å². The molecule has 0 bridgehead atoms. The van der Waals surface area contributed by atoms with Crippen molar-refractivity contribution in [1.29, 1.82) is 0 Å². The van der Waals surface area contributed by atoms with Crippen molar-refractivity contribution < 1.29 is 9.90 Å². The summed E-state index contributed by atoms with van der Waals surface area (Å²) in [7, 11) is 0. The summed E-state index contributed by atoms with van der Waals surface area (Å²) in [5.74, 6) is 4.58. The molecule has 70 valence electrons. The van der Waals surface area contributed by atoms with Crippen LogP contribution in [-0.2, 0) is 4.79 Å². The average molecular weight is 180 g/mol. The number of hydrogen-bond acceptors (Lipinski definition) is 3. The molecule has 0 radical (unpaired) electrons. The molecule has 0 aliphatic carbocycles. The van der Waals surface area contributed by atoms with Crippen molar-refractivity contribution in [2.45, 2.75) is 6.92 Å². The number of hydrogen-bond donors (Lipinski definition) is 2. The second kappa shape index (κ2) is 3.91. The van der Waals surface area contributed by atoms with Crippen LogP contribution in [0.1, 0.15) is 5.56 Å². The lowest BCUT2D eigenvalue weighted by Gasteiger charge is -2.16. The average Bonchev–Trinajstić information content (AvgIpc) is 2.03. The van der Waals surface area contributed by atoms with Crippen molar-refractivity contribution in [3.8, 4) is 0 Å². The van der Waals surface area contributed by atoms with Crippen LogP contribution in [0, 0.1) is 6.92 Å². The van der Waals surface area contributed by atoms with Crippen LogP contribution >= 0.6 is 0 Å². The topological polar surface area (TPSA) is 66.6 Å². The fourth-order valence-corrected chi connectivity index (χ4v) is 1.04. The lowest BCUT2D eigenvalue weighted by atomic mass is 10.2. The van der Waals surface area contributed by atoms with Crippen LogP contribution in [0.25, 0.3) is 0 Å². The van der Waals surface area contributed by atoms with E-state index < -0.39 is 5.97 Å². The molecule has 3 N–H and O–H groups in total. The third-order valence-electron chi connectivity index (χ3n) is 1.64. The van der Waals surface area contributed by atoms with Crippen LogP contribution in [0.4, 0.5) is 5.69 Å². The first kappa shape index (κ1) is 9.54. The lowest BCUT2D eigenvalue weighted by molar-refractivity contribution is -0.135. The molecule has 0 saturated heterocycles. The van der Waals surface area contributed by atoms with E-state index in [2.05, 4.69) is 0 Å². The summed E-state index contributed by atoms with van der Waals surface area (Å²) in [6, 6.07) is 7.38. The monoisotopic (exact) mass is 180 g/mol. The van der Waals surface area contributed by atoms with Gasteiger partial charge in [-0.3, -0.25) is 9.80 Å². The molecule has 0 fully saturated rings. The molecule has 0 spiro atoms. The number of anilines is 1. The Morgan fingerprint density at radius 3 is 2.85 bits per heavy atom. The minimum absolute atomic E-state index is 0.191. The maximum atomic E-state index is 10.3. The summed E-state index contributed by atoms with van der Waals surface area (Å²) < 4.78 is 0. The molecule has 0 atom stereocenters. The Bertz CT molecular complexity index is 312. The number of aryl methyl sites for hydroxylation is 1. The molecule has 13 heavy (non-hydrogen) atoms. The Labute approximate surface area is 76.6 Å². The maximum Gasteiger partial charge on any atom is 0.324 e. The molecule has 0 aromatic heterocycles.